The second-order valence-electron chi connectivity index (χ2n) is 3.29. The molecule has 3 N–H and O–H groups in total. The molecule has 1 aromatic rings. The molecule has 17 heavy (non-hydrogen) atoms. The maximum atomic E-state index is 11.5. The highest BCUT2D eigenvalue weighted by Crippen LogP contribution is 2.25. The molecule has 0 aliphatic heterocycles. The molecule has 1 amide bonds. The number of nitrogens with two attached hydrogens (primary N) is 1. The summed E-state index contributed by atoms with van der Waals surface area (Å²) in [5.74, 6) is 0.915. The second kappa shape index (κ2) is 6.05. The van der Waals surface area contributed by atoms with Gasteiger partial charge >= 0.3 is 0 Å². The molecule has 0 bridgehead atoms. The van der Waals surface area contributed by atoms with E-state index in [2.05, 4.69) is 17.5 Å². The summed E-state index contributed by atoms with van der Waals surface area (Å²) in [7, 11) is 3.07. The van der Waals surface area contributed by atoms with Gasteiger partial charge in [0.1, 0.15) is 11.5 Å². The molecule has 0 saturated heterocycles. The zero-order valence-electron chi connectivity index (χ0n) is 9.65. The van der Waals surface area contributed by atoms with E-state index in [9.17, 15) is 4.79 Å². The van der Waals surface area contributed by atoms with Crippen LogP contribution in [0, 0.1) is 0 Å². The van der Waals surface area contributed by atoms with E-state index in [1.807, 2.05) is 0 Å². The Balaban J connectivity index is 2.82. The smallest absolute Gasteiger partial charge is 0.231 e. The summed E-state index contributed by atoms with van der Waals surface area (Å²) in [6.45, 7) is 0. The second-order valence-corrected chi connectivity index (χ2v) is 3.82. The van der Waals surface area contributed by atoms with Gasteiger partial charge in [-0.1, -0.05) is 12.2 Å². The van der Waals surface area contributed by atoms with E-state index in [1.54, 1.807) is 18.2 Å². The monoisotopic (exact) mass is 254 g/mol. The maximum absolute atomic E-state index is 11.5. The van der Waals surface area contributed by atoms with Gasteiger partial charge in [0.25, 0.3) is 0 Å². The van der Waals surface area contributed by atoms with Gasteiger partial charge in [-0.2, -0.15) is 0 Å². The number of methoxy groups -OCH3 is 2. The van der Waals surface area contributed by atoms with E-state index < -0.39 is 0 Å². The van der Waals surface area contributed by atoms with Crippen LogP contribution in [0.3, 0.4) is 0 Å². The van der Waals surface area contributed by atoms with E-state index in [-0.39, 0.29) is 17.3 Å². The molecule has 1 rings (SSSR count). The van der Waals surface area contributed by atoms with Gasteiger partial charge < -0.3 is 20.5 Å². The Hall–Kier alpha value is -1.82. The van der Waals surface area contributed by atoms with Gasteiger partial charge in [-0.05, 0) is 0 Å². The lowest BCUT2D eigenvalue weighted by Gasteiger charge is -2.09. The Bertz CT molecular complexity index is 412. The largest absolute Gasteiger partial charge is 0.497 e. The lowest BCUT2D eigenvalue weighted by atomic mass is 10.2. The number of thiocarbonyl (C=S) groups is 1. The van der Waals surface area contributed by atoms with E-state index in [4.69, 9.17) is 15.2 Å². The van der Waals surface area contributed by atoms with Crippen molar-refractivity contribution in [2.75, 3.05) is 19.5 Å². The highest BCUT2D eigenvalue weighted by atomic mass is 32.1. The fourth-order valence-electron chi connectivity index (χ4n) is 1.24. The number of carbonyl (C=O) groups excluding carboxylic acids is 1. The molecule has 0 spiro atoms. The van der Waals surface area contributed by atoms with Crippen LogP contribution in [0.15, 0.2) is 18.2 Å². The Labute approximate surface area is 105 Å². The third-order valence-electron chi connectivity index (χ3n) is 1.97. The van der Waals surface area contributed by atoms with Crippen molar-refractivity contribution in [3.05, 3.63) is 18.2 Å². The molecule has 0 aliphatic rings. The van der Waals surface area contributed by atoms with Crippen molar-refractivity contribution in [2.45, 2.75) is 6.42 Å². The van der Waals surface area contributed by atoms with Crippen molar-refractivity contribution in [3.63, 3.8) is 0 Å². The first kappa shape index (κ1) is 13.2. The summed E-state index contributed by atoms with van der Waals surface area (Å²) in [6.07, 6.45) is 0.00879. The normalized spacial score (nSPS) is 9.53. The third kappa shape index (κ3) is 4.28. The molecule has 0 aliphatic carbocycles. The van der Waals surface area contributed by atoms with Crippen molar-refractivity contribution in [3.8, 4) is 11.5 Å². The molecular formula is C11H14N2O3S. The number of anilines is 1. The first-order chi connectivity index (χ1) is 8.05. The van der Waals surface area contributed by atoms with Gasteiger partial charge in [-0.15, -0.1) is 0 Å². The minimum Gasteiger partial charge on any atom is -0.497 e. The Kier molecular flexibility index (Phi) is 4.71. The standard InChI is InChI=1S/C11H14N2O3S/c1-15-8-3-7(4-9(5-8)16-2)13-11(14)6-10(12)17/h3-5H,6H2,1-2H3,(H2,12,17)(H,13,14). The van der Waals surface area contributed by atoms with Crippen molar-refractivity contribution < 1.29 is 14.3 Å². The molecular weight excluding hydrogens is 240 g/mol. The lowest BCUT2D eigenvalue weighted by Crippen LogP contribution is -2.20. The number of rotatable bonds is 5. The number of nitrogens with one attached hydrogen (secondary N) is 1. The Morgan fingerprint density at radius 3 is 2.24 bits per heavy atom. The summed E-state index contributed by atoms with van der Waals surface area (Å²) < 4.78 is 10.2. The average Bonchev–Trinajstić information content (AvgIpc) is 2.27. The van der Waals surface area contributed by atoms with Crippen LogP contribution in [-0.2, 0) is 4.79 Å². The Morgan fingerprint density at radius 2 is 1.82 bits per heavy atom. The van der Waals surface area contributed by atoms with Crippen molar-refractivity contribution in [1.82, 2.24) is 0 Å². The predicted molar refractivity (Wildman–Crippen MR) is 69.6 cm³/mol. The molecule has 0 fully saturated rings. The highest BCUT2D eigenvalue weighted by molar-refractivity contribution is 7.80. The summed E-state index contributed by atoms with van der Waals surface area (Å²) in [6, 6.07) is 5.07. The summed E-state index contributed by atoms with van der Waals surface area (Å²) in [4.78, 5) is 11.6. The number of hydrogen-bond acceptors (Lipinski definition) is 4. The number of benzene rings is 1. The Morgan fingerprint density at radius 1 is 1.29 bits per heavy atom. The first-order valence-corrected chi connectivity index (χ1v) is 5.27. The van der Waals surface area contributed by atoms with Crippen LogP contribution in [-0.4, -0.2) is 25.1 Å². The van der Waals surface area contributed by atoms with Crippen molar-refractivity contribution in [1.29, 1.82) is 0 Å². The van der Waals surface area contributed by atoms with E-state index in [0.717, 1.165) is 0 Å². The van der Waals surface area contributed by atoms with Gasteiger partial charge in [0.15, 0.2) is 0 Å². The molecule has 0 atom stereocenters. The quantitative estimate of drug-likeness (QED) is 0.775. The van der Waals surface area contributed by atoms with Crippen LogP contribution in [0.2, 0.25) is 0 Å². The fourth-order valence-corrected chi connectivity index (χ4v) is 1.37. The highest BCUT2D eigenvalue weighted by Gasteiger charge is 2.06. The lowest BCUT2D eigenvalue weighted by molar-refractivity contribution is -0.115. The van der Waals surface area contributed by atoms with Crippen molar-refractivity contribution >= 4 is 28.8 Å². The number of carbonyl (C=O) groups is 1. The molecule has 0 unspecified atom stereocenters. The maximum Gasteiger partial charge on any atom is 0.231 e. The fraction of sp³-hybridized carbons (Fsp3) is 0.273. The van der Waals surface area contributed by atoms with Crippen LogP contribution in [0.4, 0.5) is 5.69 Å². The SMILES string of the molecule is COc1cc(NC(=O)CC(N)=S)cc(OC)c1. The number of hydrogen-bond donors (Lipinski definition) is 2. The van der Waals surface area contributed by atoms with E-state index in [1.165, 1.54) is 14.2 Å². The van der Waals surface area contributed by atoms with Gasteiger partial charge in [0, 0.05) is 23.9 Å². The number of ether oxygens (including phenoxy) is 2. The minimum atomic E-state index is -0.271. The molecule has 6 heteroatoms. The van der Waals surface area contributed by atoms with Crippen LogP contribution in [0.1, 0.15) is 6.42 Å². The minimum absolute atomic E-state index is 0.00879. The zero-order chi connectivity index (χ0) is 12.8. The van der Waals surface area contributed by atoms with Crippen LogP contribution in [0.25, 0.3) is 0 Å². The number of amides is 1. The molecule has 0 aromatic heterocycles. The van der Waals surface area contributed by atoms with Gasteiger partial charge in [0.05, 0.1) is 25.6 Å². The topological polar surface area (TPSA) is 73.6 Å². The first-order valence-electron chi connectivity index (χ1n) is 4.86. The molecule has 0 heterocycles. The van der Waals surface area contributed by atoms with Crippen molar-refractivity contribution in [2.24, 2.45) is 5.73 Å². The average molecular weight is 254 g/mol. The third-order valence-corrected chi connectivity index (χ3v) is 2.11. The zero-order valence-corrected chi connectivity index (χ0v) is 10.5. The van der Waals surface area contributed by atoms with Crippen LogP contribution < -0.4 is 20.5 Å². The van der Waals surface area contributed by atoms with Crippen LogP contribution in [0.5, 0.6) is 11.5 Å². The molecule has 0 radical (unpaired) electrons. The molecule has 1 aromatic carbocycles. The van der Waals surface area contributed by atoms with E-state index in [0.29, 0.717) is 17.2 Å². The summed E-state index contributed by atoms with van der Waals surface area (Å²) >= 11 is 4.65. The summed E-state index contributed by atoms with van der Waals surface area (Å²) in [5.41, 5.74) is 5.85. The molecule has 0 saturated carbocycles. The summed E-state index contributed by atoms with van der Waals surface area (Å²) in [5, 5.41) is 2.66. The van der Waals surface area contributed by atoms with Gasteiger partial charge in [0.2, 0.25) is 5.91 Å². The van der Waals surface area contributed by atoms with E-state index >= 15 is 0 Å². The van der Waals surface area contributed by atoms with Gasteiger partial charge in [-0.3, -0.25) is 4.79 Å². The van der Waals surface area contributed by atoms with Gasteiger partial charge in [-0.25, -0.2) is 0 Å². The molecule has 5 nitrogen and oxygen atoms in total. The van der Waals surface area contributed by atoms with Crippen LogP contribution >= 0.6 is 12.2 Å². The molecule has 92 valence electrons. The predicted octanol–water partition coefficient (Wildman–Crippen LogP) is 1.32.